The highest BCUT2D eigenvalue weighted by Gasteiger charge is 2.31. The predicted octanol–water partition coefficient (Wildman–Crippen LogP) is -0.401. The fourth-order valence-electron chi connectivity index (χ4n) is 0.595. The molecule has 64 valence electrons. The van der Waals surface area contributed by atoms with Crippen LogP contribution in [0.15, 0.2) is 12.3 Å². The summed E-state index contributed by atoms with van der Waals surface area (Å²) in [6, 6.07) is 1.12. The third-order valence-corrected chi connectivity index (χ3v) is 1.01. The van der Waals surface area contributed by atoms with Crippen molar-refractivity contribution in [1.29, 1.82) is 0 Å². The molecule has 1 N–H and O–H groups in total. The van der Waals surface area contributed by atoms with Crippen molar-refractivity contribution >= 4 is 5.82 Å². The second kappa shape index (κ2) is 2.82. The van der Waals surface area contributed by atoms with E-state index < -0.39 is 10.1 Å². The molecule has 0 spiro atoms. The Morgan fingerprint density at radius 1 is 1.42 bits per heavy atom. The number of nitrogens with zero attached hydrogens (tertiary/aromatic N) is 4. The lowest BCUT2D eigenvalue weighted by atomic mass is 10.7. The highest BCUT2D eigenvalue weighted by Crippen LogP contribution is 2.07. The van der Waals surface area contributed by atoms with Crippen LogP contribution in [0.25, 0.3) is 0 Å². The van der Waals surface area contributed by atoms with Crippen molar-refractivity contribution < 1.29 is 10.1 Å². The fourth-order valence-corrected chi connectivity index (χ4v) is 0.595. The molecular weight excluding hydrogens is 170 g/mol. The molecule has 1 rings (SSSR count). The zero-order valence-electron chi connectivity index (χ0n) is 5.58. The van der Waals surface area contributed by atoms with Crippen LogP contribution in [0.3, 0.4) is 0 Å². The monoisotopic (exact) mass is 173 g/mol. The van der Waals surface area contributed by atoms with Crippen LogP contribution in [0.5, 0.6) is 0 Å². The van der Waals surface area contributed by atoms with Gasteiger partial charge in [-0.05, 0) is 0 Å². The molecule has 9 nitrogen and oxygen atoms in total. The Labute approximate surface area is 64.8 Å². The molecule has 0 amide bonds. The number of anilines is 1. The van der Waals surface area contributed by atoms with Gasteiger partial charge in [0, 0.05) is 6.07 Å². The maximum absolute atomic E-state index is 10.1. The lowest BCUT2D eigenvalue weighted by Crippen LogP contribution is -2.35. The number of hydrazine groups is 2. The van der Waals surface area contributed by atoms with Crippen molar-refractivity contribution in [3.05, 3.63) is 32.5 Å². The van der Waals surface area contributed by atoms with Crippen LogP contribution in [0.2, 0.25) is 0 Å². The Bertz CT molecular complexity index is 280. The average Bonchev–Trinajstić information content (AvgIpc) is 2.37. The van der Waals surface area contributed by atoms with Crippen molar-refractivity contribution in [2.45, 2.75) is 0 Å². The molecule has 0 aliphatic carbocycles. The summed E-state index contributed by atoms with van der Waals surface area (Å²) in [6.45, 7) is 0. The Morgan fingerprint density at radius 3 is 2.33 bits per heavy atom. The largest absolute Gasteiger partial charge is 0.266 e. The smallest absolute Gasteiger partial charge is 0.253 e. The van der Waals surface area contributed by atoms with E-state index in [0.717, 1.165) is 6.07 Å². The van der Waals surface area contributed by atoms with E-state index in [1.807, 2.05) is 0 Å². The molecule has 9 heteroatoms. The highest BCUT2D eigenvalue weighted by atomic mass is 16.8. The van der Waals surface area contributed by atoms with Crippen LogP contribution in [-0.2, 0) is 0 Å². The summed E-state index contributed by atoms with van der Waals surface area (Å²) >= 11 is 0. The molecule has 0 saturated carbocycles. The van der Waals surface area contributed by atoms with Crippen LogP contribution >= 0.6 is 0 Å². The summed E-state index contributed by atoms with van der Waals surface area (Å²) in [5.41, 5.74) is 0. The van der Waals surface area contributed by atoms with E-state index in [1.54, 1.807) is 0 Å². The molecule has 1 aromatic rings. The quantitative estimate of drug-likeness (QED) is 0.490. The Kier molecular flexibility index (Phi) is 1.86. The van der Waals surface area contributed by atoms with E-state index in [-0.39, 0.29) is 10.9 Å². The van der Waals surface area contributed by atoms with Gasteiger partial charge >= 0.3 is 0 Å². The second-order valence-electron chi connectivity index (χ2n) is 1.71. The summed E-state index contributed by atoms with van der Waals surface area (Å²) in [7, 11) is 0. The third kappa shape index (κ3) is 1.28. The average molecular weight is 173 g/mol. The number of aromatic amines is 1. The van der Waals surface area contributed by atoms with E-state index in [9.17, 15) is 20.2 Å². The van der Waals surface area contributed by atoms with E-state index in [2.05, 4.69) is 10.2 Å². The maximum atomic E-state index is 10.1. The summed E-state index contributed by atoms with van der Waals surface area (Å²) in [6.07, 6.45) is 1.18. The molecule has 0 atom stereocenters. The number of nitro groups is 2. The Balaban J connectivity index is 2.96. The van der Waals surface area contributed by atoms with Crippen molar-refractivity contribution in [3.63, 3.8) is 0 Å². The molecular formula is C3H3N5O4. The predicted molar refractivity (Wildman–Crippen MR) is 35.1 cm³/mol. The normalized spacial score (nSPS) is 9.33. The minimum atomic E-state index is -1.16. The number of aromatic nitrogens is 2. The first kappa shape index (κ1) is 7.91. The molecule has 0 saturated heterocycles. The summed E-state index contributed by atoms with van der Waals surface area (Å²) < 4.78 is 0. The second-order valence-corrected chi connectivity index (χ2v) is 1.71. The number of hydrogen-bond acceptors (Lipinski definition) is 5. The lowest BCUT2D eigenvalue weighted by molar-refractivity contribution is -0.712. The van der Waals surface area contributed by atoms with Crippen LogP contribution in [0, 0.1) is 20.2 Å². The summed E-state index contributed by atoms with van der Waals surface area (Å²) in [5.74, 6) is -0.301. The van der Waals surface area contributed by atoms with Crippen LogP contribution in [-0.4, -0.2) is 20.3 Å². The summed E-state index contributed by atoms with van der Waals surface area (Å²) in [5, 5.41) is 23.0. The molecule has 0 radical (unpaired) electrons. The van der Waals surface area contributed by atoms with Gasteiger partial charge in [0.05, 0.1) is 6.20 Å². The van der Waals surface area contributed by atoms with Crippen molar-refractivity contribution in [2.75, 3.05) is 5.12 Å². The molecule has 0 fully saturated rings. The number of nitrogens with one attached hydrogen (secondary N) is 1. The zero-order chi connectivity index (χ0) is 9.14. The molecule has 12 heavy (non-hydrogen) atoms. The van der Waals surface area contributed by atoms with E-state index in [1.165, 1.54) is 6.20 Å². The first-order valence-electron chi connectivity index (χ1n) is 2.71. The first-order chi connectivity index (χ1) is 5.63. The fraction of sp³-hybridized carbons (Fsp3) is 0. The van der Waals surface area contributed by atoms with Crippen molar-refractivity contribution in [3.8, 4) is 0 Å². The molecule has 1 heterocycles. The van der Waals surface area contributed by atoms with Gasteiger partial charge in [-0.25, -0.2) is 20.2 Å². The van der Waals surface area contributed by atoms with Crippen LogP contribution in [0.1, 0.15) is 0 Å². The van der Waals surface area contributed by atoms with Gasteiger partial charge in [0.2, 0.25) is 15.2 Å². The van der Waals surface area contributed by atoms with Gasteiger partial charge in [-0.3, -0.25) is 5.10 Å². The van der Waals surface area contributed by atoms with Gasteiger partial charge in [-0.1, -0.05) is 0 Å². The van der Waals surface area contributed by atoms with E-state index >= 15 is 0 Å². The molecule has 0 aliphatic heterocycles. The number of hydrogen-bond donors (Lipinski definition) is 1. The standard InChI is InChI=1S/C3H3N5O4/c9-7(10)6(8(11)12)3-1-2-4-5-3/h1-2H,(H,4,5). The maximum Gasteiger partial charge on any atom is 0.266 e. The first-order valence-corrected chi connectivity index (χ1v) is 2.71. The van der Waals surface area contributed by atoms with Gasteiger partial charge in [0.1, 0.15) is 0 Å². The molecule has 1 aromatic heterocycles. The zero-order valence-corrected chi connectivity index (χ0v) is 5.58. The number of H-pyrrole nitrogens is 1. The molecule has 0 aromatic carbocycles. The topological polar surface area (TPSA) is 118 Å². The lowest BCUT2D eigenvalue weighted by Gasteiger charge is -1.98. The van der Waals surface area contributed by atoms with Gasteiger partial charge < -0.3 is 0 Å². The Hall–Kier alpha value is -2.19. The third-order valence-electron chi connectivity index (χ3n) is 1.01. The molecule has 0 aliphatic rings. The van der Waals surface area contributed by atoms with E-state index in [0.29, 0.717) is 0 Å². The summed E-state index contributed by atoms with van der Waals surface area (Å²) in [4.78, 5) is 20.2. The highest BCUT2D eigenvalue weighted by molar-refractivity contribution is 5.28. The minimum Gasteiger partial charge on any atom is -0.253 e. The van der Waals surface area contributed by atoms with Crippen LogP contribution in [0.4, 0.5) is 5.82 Å². The van der Waals surface area contributed by atoms with Gasteiger partial charge in [0.15, 0.2) is 0 Å². The minimum absolute atomic E-state index is 0.257. The number of rotatable bonds is 3. The van der Waals surface area contributed by atoms with Gasteiger partial charge in [0.25, 0.3) is 5.82 Å². The molecule has 0 unspecified atom stereocenters. The van der Waals surface area contributed by atoms with Crippen molar-refractivity contribution in [2.24, 2.45) is 0 Å². The molecule has 0 bridgehead atoms. The van der Waals surface area contributed by atoms with E-state index in [4.69, 9.17) is 0 Å². The van der Waals surface area contributed by atoms with Crippen LogP contribution < -0.4 is 5.12 Å². The van der Waals surface area contributed by atoms with Crippen molar-refractivity contribution in [1.82, 2.24) is 10.2 Å². The van der Waals surface area contributed by atoms with Gasteiger partial charge in [-0.15, -0.1) is 0 Å². The van der Waals surface area contributed by atoms with Gasteiger partial charge in [-0.2, -0.15) is 5.10 Å². The SMILES string of the molecule is O=[N+]([O-])N(c1ccn[nH]1)[N+](=O)[O-]. The Morgan fingerprint density at radius 2 is 2.00 bits per heavy atom.